The molecule has 0 aromatic heterocycles. The molecule has 2 fully saturated rings. The highest BCUT2D eigenvalue weighted by Crippen LogP contribution is 2.26. The molecule has 0 radical (unpaired) electrons. The molecule has 0 aliphatic carbocycles. The smallest absolute Gasteiger partial charge is 0.225 e. The third-order valence-electron chi connectivity index (χ3n) is 4.05. The summed E-state index contributed by atoms with van der Waals surface area (Å²) in [6.45, 7) is 7.28. The lowest BCUT2D eigenvalue weighted by Crippen LogP contribution is -2.41. The van der Waals surface area contributed by atoms with Crippen LogP contribution in [0.3, 0.4) is 0 Å². The van der Waals surface area contributed by atoms with E-state index in [1.807, 2.05) is 0 Å². The summed E-state index contributed by atoms with van der Waals surface area (Å²) in [6.07, 6.45) is 4.70. The molecule has 92 valence electrons. The van der Waals surface area contributed by atoms with Crippen molar-refractivity contribution >= 4 is 5.91 Å². The van der Waals surface area contributed by atoms with Gasteiger partial charge in [0.25, 0.3) is 0 Å². The van der Waals surface area contributed by atoms with Crippen LogP contribution >= 0.6 is 0 Å². The van der Waals surface area contributed by atoms with Crippen LogP contribution in [0.15, 0.2) is 0 Å². The lowest BCUT2D eigenvalue weighted by molar-refractivity contribution is -0.134. The first-order chi connectivity index (χ1) is 7.72. The maximum atomic E-state index is 12.2. The second-order valence-corrected chi connectivity index (χ2v) is 5.40. The van der Waals surface area contributed by atoms with Crippen molar-refractivity contribution in [2.45, 2.75) is 45.6 Å². The molecule has 2 rings (SSSR count). The van der Waals surface area contributed by atoms with E-state index >= 15 is 0 Å². The fourth-order valence-corrected chi connectivity index (χ4v) is 3.09. The highest BCUT2D eigenvalue weighted by atomic mass is 16.2. The van der Waals surface area contributed by atoms with Crippen LogP contribution in [-0.2, 0) is 4.79 Å². The van der Waals surface area contributed by atoms with Gasteiger partial charge in [-0.2, -0.15) is 0 Å². The topological polar surface area (TPSA) is 32.3 Å². The molecule has 0 aromatic rings. The molecular formula is C13H24N2O. The van der Waals surface area contributed by atoms with Crippen LogP contribution in [0, 0.1) is 11.8 Å². The molecule has 3 atom stereocenters. The van der Waals surface area contributed by atoms with Gasteiger partial charge in [-0.3, -0.25) is 4.79 Å². The van der Waals surface area contributed by atoms with Crippen molar-refractivity contribution in [1.29, 1.82) is 0 Å². The molecule has 0 bridgehead atoms. The number of amides is 1. The standard InChI is InChI=1S/C13H24N2O/c1-3-5-10(2)13(16)15-8-11-6-4-7-14-12(11)9-15/h10-12,14H,3-9H2,1-2H3. The van der Waals surface area contributed by atoms with Gasteiger partial charge in [0.1, 0.15) is 0 Å². The van der Waals surface area contributed by atoms with E-state index in [1.54, 1.807) is 0 Å². The van der Waals surface area contributed by atoms with E-state index in [4.69, 9.17) is 0 Å². The molecular weight excluding hydrogens is 200 g/mol. The minimum atomic E-state index is 0.213. The van der Waals surface area contributed by atoms with Crippen LogP contribution in [0.25, 0.3) is 0 Å². The van der Waals surface area contributed by atoms with E-state index in [0.29, 0.717) is 17.9 Å². The number of carbonyl (C=O) groups excluding carboxylic acids is 1. The average molecular weight is 224 g/mol. The molecule has 3 unspecified atom stereocenters. The molecule has 16 heavy (non-hydrogen) atoms. The Labute approximate surface area is 98.6 Å². The summed E-state index contributed by atoms with van der Waals surface area (Å²) >= 11 is 0. The fraction of sp³-hybridized carbons (Fsp3) is 0.923. The molecule has 1 N–H and O–H groups in total. The number of likely N-dealkylation sites (tertiary alicyclic amines) is 1. The van der Waals surface area contributed by atoms with Crippen molar-refractivity contribution in [3.8, 4) is 0 Å². The summed E-state index contributed by atoms with van der Waals surface area (Å²) in [6, 6.07) is 0.575. The highest BCUT2D eigenvalue weighted by Gasteiger charge is 2.37. The maximum absolute atomic E-state index is 12.2. The summed E-state index contributed by atoms with van der Waals surface area (Å²) in [5.74, 6) is 1.30. The zero-order chi connectivity index (χ0) is 11.5. The number of carbonyl (C=O) groups is 1. The number of piperidine rings is 1. The number of rotatable bonds is 3. The molecule has 0 saturated carbocycles. The Kier molecular flexibility index (Phi) is 3.85. The third-order valence-corrected chi connectivity index (χ3v) is 4.05. The zero-order valence-corrected chi connectivity index (χ0v) is 10.5. The SMILES string of the molecule is CCCC(C)C(=O)N1CC2CCCNC2C1. The van der Waals surface area contributed by atoms with Crippen LogP contribution in [-0.4, -0.2) is 36.5 Å². The van der Waals surface area contributed by atoms with Crippen LogP contribution in [0.2, 0.25) is 0 Å². The first kappa shape index (κ1) is 11.9. The first-order valence-corrected chi connectivity index (χ1v) is 6.74. The van der Waals surface area contributed by atoms with Crippen LogP contribution in [0.4, 0.5) is 0 Å². The van der Waals surface area contributed by atoms with Crippen molar-refractivity contribution < 1.29 is 4.79 Å². The van der Waals surface area contributed by atoms with Crippen LogP contribution in [0.5, 0.6) is 0 Å². The molecule has 1 amide bonds. The molecule has 2 heterocycles. The molecule has 0 aromatic carbocycles. The summed E-state index contributed by atoms with van der Waals surface area (Å²) in [5.41, 5.74) is 0. The Morgan fingerprint density at radius 1 is 1.50 bits per heavy atom. The van der Waals surface area contributed by atoms with E-state index in [-0.39, 0.29) is 5.92 Å². The highest BCUT2D eigenvalue weighted by molar-refractivity contribution is 5.78. The third kappa shape index (κ3) is 2.40. The zero-order valence-electron chi connectivity index (χ0n) is 10.5. The van der Waals surface area contributed by atoms with Crippen LogP contribution < -0.4 is 5.32 Å². The molecule has 0 spiro atoms. The Bertz CT molecular complexity index is 240. The number of fused-ring (bicyclic) bond motifs is 1. The number of nitrogens with one attached hydrogen (secondary N) is 1. The number of nitrogens with zero attached hydrogens (tertiary/aromatic N) is 1. The summed E-state index contributed by atoms with van der Waals surface area (Å²) in [7, 11) is 0. The Morgan fingerprint density at radius 2 is 2.31 bits per heavy atom. The molecule has 3 nitrogen and oxygen atoms in total. The Hall–Kier alpha value is -0.570. The van der Waals surface area contributed by atoms with Gasteiger partial charge in [-0.05, 0) is 31.7 Å². The van der Waals surface area contributed by atoms with Gasteiger partial charge < -0.3 is 10.2 Å². The van der Waals surface area contributed by atoms with Crippen molar-refractivity contribution in [2.75, 3.05) is 19.6 Å². The summed E-state index contributed by atoms with van der Waals surface area (Å²) in [5, 5.41) is 3.54. The van der Waals surface area contributed by atoms with Gasteiger partial charge in [0.2, 0.25) is 5.91 Å². The van der Waals surface area contributed by atoms with Crippen molar-refractivity contribution in [2.24, 2.45) is 11.8 Å². The lowest BCUT2D eigenvalue weighted by atomic mass is 9.94. The number of hydrogen-bond acceptors (Lipinski definition) is 2. The molecule has 2 aliphatic rings. The van der Waals surface area contributed by atoms with Gasteiger partial charge in [-0.15, -0.1) is 0 Å². The normalized spacial score (nSPS) is 31.2. The minimum absolute atomic E-state index is 0.213. The minimum Gasteiger partial charge on any atom is -0.341 e. The second-order valence-electron chi connectivity index (χ2n) is 5.40. The van der Waals surface area contributed by atoms with E-state index in [1.165, 1.54) is 12.8 Å². The van der Waals surface area contributed by atoms with Crippen LogP contribution in [0.1, 0.15) is 39.5 Å². The van der Waals surface area contributed by atoms with Crippen molar-refractivity contribution in [3.05, 3.63) is 0 Å². The quantitative estimate of drug-likeness (QED) is 0.790. The molecule has 2 saturated heterocycles. The monoisotopic (exact) mass is 224 g/mol. The van der Waals surface area contributed by atoms with Gasteiger partial charge >= 0.3 is 0 Å². The fourth-order valence-electron chi connectivity index (χ4n) is 3.09. The second kappa shape index (κ2) is 5.17. The van der Waals surface area contributed by atoms with E-state index in [0.717, 1.165) is 32.5 Å². The average Bonchev–Trinajstić information content (AvgIpc) is 2.71. The van der Waals surface area contributed by atoms with Gasteiger partial charge in [-0.1, -0.05) is 20.3 Å². The van der Waals surface area contributed by atoms with Gasteiger partial charge in [0, 0.05) is 25.0 Å². The van der Waals surface area contributed by atoms with E-state index in [2.05, 4.69) is 24.1 Å². The Morgan fingerprint density at radius 3 is 3.00 bits per heavy atom. The molecule has 2 aliphatic heterocycles. The predicted molar refractivity (Wildman–Crippen MR) is 65.2 cm³/mol. The first-order valence-electron chi connectivity index (χ1n) is 6.74. The maximum Gasteiger partial charge on any atom is 0.225 e. The van der Waals surface area contributed by atoms with Crippen molar-refractivity contribution in [1.82, 2.24) is 10.2 Å². The largest absolute Gasteiger partial charge is 0.341 e. The Balaban J connectivity index is 1.89. The summed E-state index contributed by atoms with van der Waals surface area (Å²) < 4.78 is 0. The van der Waals surface area contributed by atoms with E-state index in [9.17, 15) is 4.79 Å². The number of hydrogen-bond donors (Lipinski definition) is 1. The predicted octanol–water partition coefficient (Wildman–Crippen LogP) is 1.63. The van der Waals surface area contributed by atoms with Gasteiger partial charge in [-0.25, -0.2) is 0 Å². The van der Waals surface area contributed by atoms with E-state index < -0.39 is 0 Å². The lowest BCUT2D eigenvalue weighted by Gasteiger charge is -2.24. The molecule has 3 heteroatoms. The van der Waals surface area contributed by atoms with Gasteiger partial charge in [0.15, 0.2) is 0 Å². The summed E-state index contributed by atoms with van der Waals surface area (Å²) in [4.78, 5) is 14.3. The van der Waals surface area contributed by atoms with Gasteiger partial charge in [0.05, 0.1) is 0 Å². The van der Waals surface area contributed by atoms with Crippen molar-refractivity contribution in [3.63, 3.8) is 0 Å².